The van der Waals surface area contributed by atoms with Crippen LogP contribution in [0.4, 0.5) is 11.4 Å². The van der Waals surface area contributed by atoms with Crippen molar-refractivity contribution in [3.63, 3.8) is 0 Å². The van der Waals surface area contributed by atoms with Gasteiger partial charge in [-0.2, -0.15) is 5.26 Å². The number of para-hydroxylation sites is 2. The highest BCUT2D eigenvalue weighted by molar-refractivity contribution is 7.92. The van der Waals surface area contributed by atoms with Crippen molar-refractivity contribution in [2.24, 2.45) is 0 Å². The lowest BCUT2D eigenvalue weighted by Crippen LogP contribution is -2.22. The summed E-state index contributed by atoms with van der Waals surface area (Å²) < 4.78 is 58.1. The highest BCUT2D eigenvalue weighted by atomic mass is 32.2. The summed E-state index contributed by atoms with van der Waals surface area (Å²) in [5.41, 5.74) is 0.136. The van der Waals surface area contributed by atoms with Gasteiger partial charge < -0.3 is 10.1 Å². The topological polar surface area (TPSA) is 146 Å². The smallest absolute Gasteiger partial charge is 0.350 e. The zero-order chi connectivity index (χ0) is 23.9. The van der Waals surface area contributed by atoms with Crippen molar-refractivity contribution in [1.82, 2.24) is 4.31 Å². The van der Waals surface area contributed by atoms with E-state index in [9.17, 15) is 21.6 Å². The second-order valence-corrected chi connectivity index (χ2v) is 10.3. The first-order valence-corrected chi connectivity index (χ1v) is 12.1. The summed E-state index contributed by atoms with van der Waals surface area (Å²) in [5.74, 6) is -0.812. The number of carbonyl (C=O) groups excluding carboxylic acids is 1. The molecule has 0 aliphatic rings. The van der Waals surface area contributed by atoms with Crippen molar-refractivity contribution < 1.29 is 26.4 Å². The first-order chi connectivity index (χ1) is 15.0. The number of sulfonamides is 2. The summed E-state index contributed by atoms with van der Waals surface area (Å²) in [5, 5.41) is 11.8. The number of esters is 1. The third kappa shape index (κ3) is 5.85. The predicted molar refractivity (Wildman–Crippen MR) is 119 cm³/mol. The summed E-state index contributed by atoms with van der Waals surface area (Å²) in [7, 11) is -5.01. The highest BCUT2D eigenvalue weighted by Crippen LogP contribution is 2.25. The first-order valence-electron chi connectivity index (χ1n) is 9.21. The fourth-order valence-electron chi connectivity index (χ4n) is 2.40. The average Bonchev–Trinajstić information content (AvgIpc) is 2.75. The van der Waals surface area contributed by atoms with Gasteiger partial charge in [-0.15, -0.1) is 0 Å². The van der Waals surface area contributed by atoms with Crippen LogP contribution in [-0.4, -0.2) is 47.8 Å². The molecule has 0 unspecified atom stereocenters. The number of rotatable bonds is 9. The zero-order valence-corrected chi connectivity index (χ0v) is 19.2. The molecule has 2 N–H and O–H groups in total. The van der Waals surface area contributed by atoms with Gasteiger partial charge in [0.15, 0.2) is 5.57 Å². The van der Waals surface area contributed by atoms with Crippen LogP contribution < -0.4 is 10.0 Å². The molecule has 0 saturated carbocycles. The van der Waals surface area contributed by atoms with Crippen LogP contribution in [0.5, 0.6) is 0 Å². The molecule has 0 atom stereocenters. The van der Waals surface area contributed by atoms with Crippen LogP contribution in [0.2, 0.25) is 0 Å². The Morgan fingerprint density at radius 2 is 1.59 bits per heavy atom. The van der Waals surface area contributed by atoms with Crippen LogP contribution in [0.15, 0.2) is 70.1 Å². The molecule has 0 aliphatic heterocycles. The lowest BCUT2D eigenvalue weighted by Gasteiger charge is -2.14. The zero-order valence-electron chi connectivity index (χ0n) is 17.6. The van der Waals surface area contributed by atoms with Crippen molar-refractivity contribution in [2.45, 2.75) is 16.7 Å². The highest BCUT2D eigenvalue weighted by Gasteiger charge is 2.20. The van der Waals surface area contributed by atoms with Crippen molar-refractivity contribution in [2.75, 3.05) is 30.7 Å². The maximum absolute atomic E-state index is 12.8. The molecule has 0 fully saturated rings. The summed E-state index contributed by atoms with van der Waals surface area (Å²) in [6.45, 7) is 1.70. The van der Waals surface area contributed by atoms with Crippen LogP contribution in [-0.2, 0) is 29.6 Å². The van der Waals surface area contributed by atoms with E-state index in [2.05, 4.69) is 10.0 Å². The van der Waals surface area contributed by atoms with E-state index in [1.807, 2.05) is 0 Å². The molecule has 32 heavy (non-hydrogen) atoms. The summed E-state index contributed by atoms with van der Waals surface area (Å²) in [4.78, 5) is 11.5. The van der Waals surface area contributed by atoms with Gasteiger partial charge in [0, 0.05) is 20.3 Å². The molecule has 2 aromatic rings. The maximum Gasteiger partial charge on any atom is 0.350 e. The van der Waals surface area contributed by atoms with Crippen molar-refractivity contribution in [3.05, 3.63) is 60.3 Å². The molecule has 0 aliphatic carbocycles. The largest absolute Gasteiger partial charge is 0.462 e. The molecule has 0 spiro atoms. The van der Waals surface area contributed by atoms with E-state index in [0.29, 0.717) is 0 Å². The lowest BCUT2D eigenvalue weighted by atomic mass is 10.2. The molecule has 2 aromatic carbocycles. The summed E-state index contributed by atoms with van der Waals surface area (Å²) in [6.07, 6.45) is 1.12. The predicted octanol–water partition coefficient (Wildman–Crippen LogP) is 2.12. The Morgan fingerprint density at radius 3 is 2.12 bits per heavy atom. The van der Waals surface area contributed by atoms with Crippen LogP contribution in [0, 0.1) is 11.3 Å². The fraction of sp³-hybridized carbons (Fsp3) is 0.200. The number of nitrogens with one attached hydrogen (secondary N) is 2. The van der Waals surface area contributed by atoms with Gasteiger partial charge in [0.1, 0.15) is 6.07 Å². The van der Waals surface area contributed by atoms with Crippen LogP contribution in [0.3, 0.4) is 0 Å². The molecule has 0 saturated heterocycles. The molecule has 170 valence electrons. The molecule has 12 heteroatoms. The van der Waals surface area contributed by atoms with Crippen molar-refractivity contribution >= 4 is 37.4 Å². The third-order valence-electron chi connectivity index (χ3n) is 4.07. The number of carbonyl (C=O) groups is 1. The van der Waals surface area contributed by atoms with Gasteiger partial charge in [-0.1, -0.05) is 12.1 Å². The Balaban J connectivity index is 2.30. The van der Waals surface area contributed by atoms with Gasteiger partial charge in [0.25, 0.3) is 10.0 Å². The Bertz CT molecular complexity index is 1260. The number of hydrogen-bond donors (Lipinski definition) is 2. The van der Waals surface area contributed by atoms with E-state index >= 15 is 0 Å². The second-order valence-electron chi connectivity index (χ2n) is 6.44. The molecule has 0 heterocycles. The quantitative estimate of drug-likeness (QED) is 0.317. The molecular weight excluding hydrogens is 456 g/mol. The van der Waals surface area contributed by atoms with E-state index in [0.717, 1.165) is 10.5 Å². The van der Waals surface area contributed by atoms with Crippen LogP contribution in [0.25, 0.3) is 0 Å². The minimum absolute atomic E-state index is 0.0448. The summed E-state index contributed by atoms with van der Waals surface area (Å²) >= 11 is 0. The van der Waals surface area contributed by atoms with Gasteiger partial charge in [-0.3, -0.25) is 4.72 Å². The van der Waals surface area contributed by atoms with E-state index < -0.39 is 26.0 Å². The minimum atomic E-state index is -4.06. The van der Waals surface area contributed by atoms with Crippen LogP contribution in [0.1, 0.15) is 6.92 Å². The van der Waals surface area contributed by atoms with Gasteiger partial charge in [-0.05, 0) is 43.3 Å². The van der Waals surface area contributed by atoms with E-state index in [1.54, 1.807) is 31.2 Å². The molecular formula is C20H22N4O6S2. The van der Waals surface area contributed by atoms with Gasteiger partial charge in [-0.25, -0.2) is 25.9 Å². The number of ether oxygens (including phenoxy) is 1. The Morgan fingerprint density at radius 1 is 1.03 bits per heavy atom. The molecule has 0 aromatic heterocycles. The van der Waals surface area contributed by atoms with E-state index in [1.165, 1.54) is 44.4 Å². The standard InChI is InChI=1S/C20H22N4O6S2/c1-4-30-20(25)15(13-21)14-22-18-7-5-6-8-19(18)23-31(26,27)16-9-11-17(12-10-16)32(28,29)24(2)3/h5-12,14,22-23H,4H2,1-3H3/b15-14+. The molecule has 0 radical (unpaired) electrons. The summed E-state index contributed by atoms with van der Waals surface area (Å²) in [6, 6.07) is 12.7. The second kappa shape index (κ2) is 10.3. The minimum Gasteiger partial charge on any atom is -0.462 e. The van der Waals surface area contributed by atoms with E-state index in [4.69, 9.17) is 10.00 Å². The molecule has 0 bridgehead atoms. The van der Waals surface area contributed by atoms with E-state index in [-0.39, 0.29) is 33.3 Å². The van der Waals surface area contributed by atoms with Gasteiger partial charge in [0.05, 0.1) is 27.8 Å². The number of anilines is 2. The molecule has 0 amide bonds. The number of nitriles is 1. The first kappa shape index (κ1) is 24.9. The fourth-order valence-corrected chi connectivity index (χ4v) is 4.38. The number of hydrogen-bond acceptors (Lipinski definition) is 8. The Hall–Kier alpha value is -3.40. The lowest BCUT2D eigenvalue weighted by molar-refractivity contribution is -0.138. The number of benzene rings is 2. The maximum atomic E-state index is 12.8. The van der Waals surface area contributed by atoms with Gasteiger partial charge >= 0.3 is 5.97 Å². The third-order valence-corrected chi connectivity index (χ3v) is 7.28. The normalized spacial score (nSPS) is 12.2. The Kier molecular flexibility index (Phi) is 7.98. The molecule has 10 nitrogen and oxygen atoms in total. The van der Waals surface area contributed by atoms with Crippen molar-refractivity contribution in [1.29, 1.82) is 5.26 Å². The van der Waals surface area contributed by atoms with Crippen LogP contribution >= 0.6 is 0 Å². The average molecular weight is 479 g/mol. The number of nitrogens with zero attached hydrogens (tertiary/aromatic N) is 2. The monoisotopic (exact) mass is 478 g/mol. The SMILES string of the molecule is CCOC(=O)/C(C#N)=C/Nc1ccccc1NS(=O)(=O)c1ccc(S(=O)(=O)N(C)C)cc1. The van der Waals surface area contributed by atoms with Gasteiger partial charge in [0.2, 0.25) is 10.0 Å². The molecule has 2 rings (SSSR count). The Labute approximate surface area is 187 Å². The van der Waals surface area contributed by atoms with Crippen molar-refractivity contribution in [3.8, 4) is 6.07 Å².